The number of para-hydroxylation sites is 1. The molecule has 3 heterocycles. The van der Waals surface area contributed by atoms with Gasteiger partial charge in [0.1, 0.15) is 11.6 Å². The zero-order chi connectivity index (χ0) is 26.1. The molecule has 0 spiro atoms. The highest BCUT2D eigenvalue weighted by Crippen LogP contribution is 2.36. The Kier molecular flexibility index (Phi) is 5.70. The number of amides is 1. The van der Waals surface area contributed by atoms with Crippen LogP contribution in [0.15, 0.2) is 91.3 Å². The number of hydrogen-bond acceptors (Lipinski definition) is 7. The summed E-state index contributed by atoms with van der Waals surface area (Å²) in [7, 11) is 0. The molecule has 4 N–H and O–H groups in total. The summed E-state index contributed by atoms with van der Waals surface area (Å²) in [6.45, 7) is 0. The molecule has 0 unspecified atom stereocenters. The first-order chi connectivity index (χ1) is 18.6. The van der Waals surface area contributed by atoms with Crippen LogP contribution >= 0.6 is 0 Å². The van der Waals surface area contributed by atoms with Gasteiger partial charge in [-0.1, -0.05) is 24.3 Å². The average Bonchev–Trinajstić information content (AvgIpc) is 3.37. The number of pyridine rings is 2. The number of hydrogen-bond donors (Lipinski definition) is 4. The van der Waals surface area contributed by atoms with Crippen molar-refractivity contribution < 1.29 is 14.6 Å². The van der Waals surface area contributed by atoms with E-state index in [-0.39, 0.29) is 17.5 Å². The number of H-pyrrole nitrogens is 1. The Morgan fingerprint density at radius 1 is 0.947 bits per heavy atom. The van der Waals surface area contributed by atoms with E-state index in [4.69, 9.17) is 10.1 Å². The first-order valence-corrected chi connectivity index (χ1v) is 11.7. The molecule has 6 rings (SSSR count). The second-order valence-electron chi connectivity index (χ2n) is 8.48. The van der Waals surface area contributed by atoms with Crippen molar-refractivity contribution in [2.75, 3.05) is 5.32 Å². The first-order valence-electron chi connectivity index (χ1n) is 11.7. The van der Waals surface area contributed by atoms with Crippen LogP contribution in [0.5, 0.6) is 11.6 Å². The summed E-state index contributed by atoms with van der Waals surface area (Å²) in [5.41, 5.74) is 4.91. The average molecular weight is 501 g/mol. The standard InChI is InChI=1S/C29H20N6O3/c30-16-38-29-20(6-3-13-32-29)18-9-11-25(36)21(14-18)27-33-22-10-8-19(15-24(22)34-27)28(37)35-23-7-1-4-17-5-2-12-31-26(17)23/h1-16,30,36H,(H,33,34)(H,35,37). The number of carbonyl (C=O) groups excluding carboxylic acids is 1. The third-order valence-corrected chi connectivity index (χ3v) is 6.13. The molecule has 0 bridgehead atoms. The second-order valence-corrected chi connectivity index (χ2v) is 8.48. The van der Waals surface area contributed by atoms with Crippen molar-refractivity contribution in [3.8, 4) is 34.1 Å². The largest absolute Gasteiger partial charge is 0.507 e. The molecule has 0 radical (unpaired) electrons. The van der Waals surface area contributed by atoms with Crippen molar-refractivity contribution in [1.29, 1.82) is 5.41 Å². The van der Waals surface area contributed by atoms with Gasteiger partial charge in [-0.3, -0.25) is 15.2 Å². The third kappa shape index (κ3) is 4.18. The molecule has 3 aromatic heterocycles. The fourth-order valence-corrected chi connectivity index (χ4v) is 4.33. The zero-order valence-corrected chi connectivity index (χ0v) is 19.8. The van der Waals surface area contributed by atoms with E-state index in [0.29, 0.717) is 44.8 Å². The molecule has 38 heavy (non-hydrogen) atoms. The number of benzene rings is 3. The lowest BCUT2D eigenvalue weighted by molar-refractivity contribution is 0.102. The number of imidazole rings is 1. The van der Waals surface area contributed by atoms with Crippen LogP contribution in [0.4, 0.5) is 5.69 Å². The fourth-order valence-electron chi connectivity index (χ4n) is 4.33. The summed E-state index contributed by atoms with van der Waals surface area (Å²) in [5, 5.41) is 21.7. The van der Waals surface area contributed by atoms with Gasteiger partial charge >= 0.3 is 0 Å². The molecule has 0 aliphatic carbocycles. The van der Waals surface area contributed by atoms with E-state index in [1.54, 1.807) is 54.9 Å². The number of ether oxygens (including phenoxy) is 1. The highest BCUT2D eigenvalue weighted by molar-refractivity contribution is 6.09. The number of phenols is 1. The lowest BCUT2D eigenvalue weighted by Gasteiger charge is -2.09. The molecule has 3 aromatic carbocycles. The van der Waals surface area contributed by atoms with Crippen LogP contribution in [-0.2, 0) is 0 Å². The number of nitrogens with zero attached hydrogens (tertiary/aromatic N) is 3. The molecule has 184 valence electrons. The highest BCUT2D eigenvalue weighted by Gasteiger charge is 2.16. The summed E-state index contributed by atoms with van der Waals surface area (Å²) in [4.78, 5) is 29.5. The van der Waals surface area contributed by atoms with E-state index in [1.807, 2.05) is 36.4 Å². The Morgan fingerprint density at radius 3 is 2.68 bits per heavy atom. The molecule has 9 heteroatoms. The van der Waals surface area contributed by atoms with Gasteiger partial charge in [0, 0.05) is 28.9 Å². The maximum atomic E-state index is 13.1. The van der Waals surface area contributed by atoms with Gasteiger partial charge in [-0.2, -0.15) is 0 Å². The lowest BCUT2D eigenvalue weighted by Crippen LogP contribution is -2.12. The van der Waals surface area contributed by atoms with Crippen molar-refractivity contribution in [3.05, 3.63) is 96.8 Å². The summed E-state index contributed by atoms with van der Waals surface area (Å²) in [5.74, 6) is 0.469. The third-order valence-electron chi connectivity index (χ3n) is 6.13. The quantitative estimate of drug-likeness (QED) is 0.169. The van der Waals surface area contributed by atoms with E-state index in [1.165, 1.54) is 0 Å². The summed E-state index contributed by atoms with van der Waals surface area (Å²) in [6.07, 6.45) is 4.08. The molecule has 0 aliphatic heterocycles. The first kappa shape index (κ1) is 22.9. The summed E-state index contributed by atoms with van der Waals surface area (Å²) in [6, 6.07) is 23.3. The minimum Gasteiger partial charge on any atom is -0.507 e. The van der Waals surface area contributed by atoms with Gasteiger partial charge in [-0.15, -0.1) is 0 Å². The number of anilines is 1. The molecule has 0 aliphatic rings. The number of aromatic amines is 1. The van der Waals surface area contributed by atoms with Gasteiger partial charge < -0.3 is 20.1 Å². The minimum atomic E-state index is -0.283. The van der Waals surface area contributed by atoms with Crippen LogP contribution in [0.2, 0.25) is 0 Å². The second kappa shape index (κ2) is 9.47. The van der Waals surface area contributed by atoms with Crippen molar-refractivity contribution in [2.24, 2.45) is 0 Å². The lowest BCUT2D eigenvalue weighted by atomic mass is 10.0. The highest BCUT2D eigenvalue weighted by atomic mass is 16.5. The molecular weight excluding hydrogens is 480 g/mol. The normalized spacial score (nSPS) is 10.9. The summed E-state index contributed by atoms with van der Waals surface area (Å²) >= 11 is 0. The smallest absolute Gasteiger partial charge is 0.255 e. The Morgan fingerprint density at radius 2 is 1.79 bits per heavy atom. The van der Waals surface area contributed by atoms with Crippen molar-refractivity contribution >= 4 is 39.9 Å². The molecule has 0 atom stereocenters. The molecule has 9 nitrogen and oxygen atoms in total. The molecule has 1 amide bonds. The predicted octanol–water partition coefficient (Wildman–Crippen LogP) is 5.78. The summed E-state index contributed by atoms with van der Waals surface area (Å²) < 4.78 is 5.22. The Labute approximate surface area is 216 Å². The Bertz CT molecular complexity index is 1840. The van der Waals surface area contributed by atoms with E-state index < -0.39 is 0 Å². The Hall–Kier alpha value is -5.57. The van der Waals surface area contributed by atoms with Crippen molar-refractivity contribution in [3.63, 3.8) is 0 Å². The van der Waals surface area contributed by atoms with Crippen LogP contribution in [0.3, 0.4) is 0 Å². The van der Waals surface area contributed by atoms with Gasteiger partial charge in [-0.05, 0) is 60.2 Å². The number of fused-ring (bicyclic) bond motifs is 2. The van der Waals surface area contributed by atoms with E-state index >= 15 is 0 Å². The van der Waals surface area contributed by atoms with Crippen molar-refractivity contribution in [1.82, 2.24) is 19.9 Å². The van der Waals surface area contributed by atoms with Gasteiger partial charge in [0.2, 0.25) is 5.88 Å². The van der Waals surface area contributed by atoms with Crippen LogP contribution < -0.4 is 10.1 Å². The Balaban J connectivity index is 1.33. The number of aromatic hydroxyl groups is 1. The fraction of sp³-hybridized carbons (Fsp3) is 0. The number of phenolic OH excluding ortho intramolecular Hbond substituents is 1. The molecule has 0 saturated heterocycles. The van der Waals surface area contributed by atoms with Gasteiger partial charge in [-0.25, -0.2) is 9.97 Å². The monoisotopic (exact) mass is 500 g/mol. The molecule has 0 saturated carbocycles. The number of carbonyl (C=O) groups is 1. The van der Waals surface area contributed by atoms with Crippen LogP contribution in [-0.4, -0.2) is 37.4 Å². The maximum Gasteiger partial charge on any atom is 0.255 e. The topological polar surface area (TPSA) is 137 Å². The molecule has 6 aromatic rings. The number of aromatic nitrogens is 4. The van der Waals surface area contributed by atoms with Crippen LogP contribution in [0.1, 0.15) is 10.4 Å². The molecular formula is C29H20N6O3. The zero-order valence-electron chi connectivity index (χ0n) is 19.8. The number of nitrogens with one attached hydrogen (secondary N) is 3. The minimum absolute atomic E-state index is 0.0349. The van der Waals surface area contributed by atoms with Crippen LogP contribution in [0, 0.1) is 5.41 Å². The maximum absolute atomic E-state index is 13.1. The van der Waals surface area contributed by atoms with Crippen LogP contribution in [0.25, 0.3) is 44.5 Å². The van der Waals surface area contributed by atoms with Crippen molar-refractivity contribution in [2.45, 2.75) is 0 Å². The van der Waals surface area contributed by atoms with E-state index in [9.17, 15) is 9.90 Å². The van der Waals surface area contributed by atoms with Gasteiger partial charge in [0.25, 0.3) is 5.91 Å². The predicted molar refractivity (Wildman–Crippen MR) is 146 cm³/mol. The van der Waals surface area contributed by atoms with E-state index in [0.717, 1.165) is 17.4 Å². The van der Waals surface area contributed by atoms with Gasteiger partial charge in [0.15, 0.2) is 6.40 Å². The van der Waals surface area contributed by atoms with Gasteiger partial charge in [0.05, 0.1) is 27.8 Å². The SMILES string of the molecule is N=COc1ncccc1-c1ccc(O)c(-c2nc3cc(C(=O)Nc4cccc5cccnc45)ccc3[nH]2)c1. The van der Waals surface area contributed by atoms with E-state index in [2.05, 4.69) is 25.3 Å². The number of rotatable bonds is 6. The molecule has 0 fully saturated rings.